The standard InChI is InChI=1S/C10H12N2O3S/c13-9(14)3-7(6-1-2-6)12-10(15)8-4-11-5-16-8/h4-7H,1-3H2,(H,12,15)(H,13,14). The van der Waals surface area contributed by atoms with Crippen molar-refractivity contribution in [2.45, 2.75) is 25.3 Å². The van der Waals surface area contributed by atoms with Gasteiger partial charge in [0.25, 0.3) is 5.91 Å². The Labute approximate surface area is 96.5 Å². The van der Waals surface area contributed by atoms with E-state index in [9.17, 15) is 9.59 Å². The maximum absolute atomic E-state index is 11.7. The highest BCUT2D eigenvalue weighted by atomic mass is 32.1. The van der Waals surface area contributed by atoms with Gasteiger partial charge in [-0.05, 0) is 18.8 Å². The molecule has 2 rings (SSSR count). The highest BCUT2D eigenvalue weighted by Gasteiger charge is 2.33. The second kappa shape index (κ2) is 4.61. The van der Waals surface area contributed by atoms with E-state index in [1.807, 2.05) is 0 Å². The van der Waals surface area contributed by atoms with Crippen LogP contribution in [0.2, 0.25) is 0 Å². The number of carboxylic acid groups (broad SMARTS) is 1. The summed E-state index contributed by atoms with van der Waals surface area (Å²) in [6.07, 6.45) is 3.49. The van der Waals surface area contributed by atoms with Crippen LogP contribution in [0.3, 0.4) is 0 Å². The van der Waals surface area contributed by atoms with Crippen LogP contribution in [0.5, 0.6) is 0 Å². The van der Waals surface area contributed by atoms with Gasteiger partial charge in [0.1, 0.15) is 4.88 Å². The predicted molar refractivity (Wildman–Crippen MR) is 58.3 cm³/mol. The zero-order chi connectivity index (χ0) is 11.5. The Morgan fingerprint density at radius 2 is 2.38 bits per heavy atom. The van der Waals surface area contributed by atoms with Crippen LogP contribution in [-0.2, 0) is 4.79 Å². The number of aromatic nitrogens is 1. The van der Waals surface area contributed by atoms with Crippen LogP contribution in [0.4, 0.5) is 0 Å². The van der Waals surface area contributed by atoms with Gasteiger partial charge in [-0.2, -0.15) is 0 Å². The Bertz CT molecular complexity index is 387. The quantitative estimate of drug-likeness (QED) is 0.808. The van der Waals surface area contributed by atoms with Crippen molar-refractivity contribution in [1.82, 2.24) is 10.3 Å². The van der Waals surface area contributed by atoms with Crippen LogP contribution in [0, 0.1) is 5.92 Å². The summed E-state index contributed by atoms with van der Waals surface area (Å²) in [5, 5.41) is 11.5. The Morgan fingerprint density at radius 3 is 2.88 bits per heavy atom. The molecule has 1 aliphatic carbocycles. The Hall–Kier alpha value is -1.43. The zero-order valence-electron chi connectivity index (χ0n) is 8.55. The first kappa shape index (κ1) is 11.1. The molecule has 1 heterocycles. The molecule has 86 valence electrons. The van der Waals surface area contributed by atoms with Gasteiger partial charge in [-0.15, -0.1) is 11.3 Å². The summed E-state index contributed by atoms with van der Waals surface area (Å²) in [5.41, 5.74) is 1.58. The largest absolute Gasteiger partial charge is 0.481 e. The second-order valence-electron chi connectivity index (χ2n) is 3.88. The first-order valence-corrected chi connectivity index (χ1v) is 5.96. The van der Waals surface area contributed by atoms with Gasteiger partial charge in [0.05, 0.1) is 18.1 Å². The molecule has 1 unspecified atom stereocenters. The van der Waals surface area contributed by atoms with Gasteiger partial charge < -0.3 is 10.4 Å². The van der Waals surface area contributed by atoms with Crippen LogP contribution < -0.4 is 5.32 Å². The van der Waals surface area contributed by atoms with Gasteiger partial charge in [-0.25, -0.2) is 0 Å². The number of amides is 1. The molecular weight excluding hydrogens is 228 g/mol. The summed E-state index contributed by atoms with van der Waals surface area (Å²) in [5.74, 6) is -0.768. The molecule has 0 radical (unpaired) electrons. The number of carbonyl (C=O) groups is 2. The summed E-state index contributed by atoms with van der Waals surface area (Å²) in [4.78, 5) is 26.7. The lowest BCUT2D eigenvalue weighted by Gasteiger charge is -2.15. The molecule has 1 saturated carbocycles. The topological polar surface area (TPSA) is 79.3 Å². The van der Waals surface area contributed by atoms with Crippen LogP contribution in [0.1, 0.15) is 28.9 Å². The van der Waals surface area contributed by atoms with E-state index in [1.54, 1.807) is 5.51 Å². The highest BCUT2D eigenvalue weighted by Crippen LogP contribution is 2.34. The summed E-state index contributed by atoms with van der Waals surface area (Å²) >= 11 is 1.25. The van der Waals surface area contributed by atoms with Crippen LogP contribution in [0.25, 0.3) is 0 Å². The number of nitrogens with one attached hydrogen (secondary N) is 1. The van der Waals surface area contributed by atoms with E-state index >= 15 is 0 Å². The van der Waals surface area contributed by atoms with Gasteiger partial charge >= 0.3 is 5.97 Å². The lowest BCUT2D eigenvalue weighted by Crippen LogP contribution is -2.37. The van der Waals surface area contributed by atoms with Crippen molar-refractivity contribution in [1.29, 1.82) is 0 Å². The third kappa shape index (κ3) is 2.79. The van der Waals surface area contributed by atoms with E-state index in [0.29, 0.717) is 10.8 Å². The minimum absolute atomic E-state index is 0.00475. The molecule has 0 aliphatic heterocycles. The van der Waals surface area contributed by atoms with Crippen LogP contribution in [0.15, 0.2) is 11.7 Å². The van der Waals surface area contributed by atoms with Gasteiger partial charge in [0, 0.05) is 6.04 Å². The van der Waals surface area contributed by atoms with E-state index in [0.717, 1.165) is 12.8 Å². The van der Waals surface area contributed by atoms with Crippen molar-refractivity contribution in [3.05, 3.63) is 16.6 Å². The molecule has 5 nitrogen and oxygen atoms in total. The number of hydrogen-bond acceptors (Lipinski definition) is 4. The fourth-order valence-corrected chi connectivity index (χ4v) is 2.11. The molecule has 1 amide bonds. The first-order chi connectivity index (χ1) is 7.66. The Kier molecular flexibility index (Phi) is 3.19. The number of carboxylic acids is 1. The summed E-state index contributed by atoms with van der Waals surface area (Å²) in [6, 6.07) is -0.243. The number of rotatable bonds is 5. The number of nitrogens with zero attached hydrogens (tertiary/aromatic N) is 1. The van der Waals surface area contributed by atoms with Crippen LogP contribution >= 0.6 is 11.3 Å². The molecule has 0 bridgehead atoms. The summed E-state index contributed by atoms with van der Waals surface area (Å²) < 4.78 is 0. The predicted octanol–water partition coefficient (Wildman–Crippen LogP) is 1.13. The molecule has 1 aliphatic rings. The number of aliphatic carboxylic acids is 1. The molecule has 1 fully saturated rings. The van der Waals surface area contributed by atoms with Gasteiger partial charge in [-0.1, -0.05) is 0 Å². The molecule has 0 aromatic carbocycles. The number of hydrogen-bond donors (Lipinski definition) is 2. The third-order valence-electron chi connectivity index (χ3n) is 2.56. The molecular formula is C10H12N2O3S. The average Bonchev–Trinajstić information content (AvgIpc) is 2.91. The van der Waals surface area contributed by atoms with Gasteiger partial charge in [0.15, 0.2) is 0 Å². The first-order valence-electron chi connectivity index (χ1n) is 5.08. The van der Waals surface area contributed by atoms with Crippen molar-refractivity contribution in [3.63, 3.8) is 0 Å². The van der Waals surface area contributed by atoms with Crippen molar-refractivity contribution in [3.8, 4) is 0 Å². The third-order valence-corrected chi connectivity index (χ3v) is 3.33. The fraction of sp³-hybridized carbons (Fsp3) is 0.500. The van der Waals surface area contributed by atoms with E-state index in [2.05, 4.69) is 10.3 Å². The van der Waals surface area contributed by atoms with Gasteiger partial charge in [-0.3, -0.25) is 14.6 Å². The van der Waals surface area contributed by atoms with E-state index < -0.39 is 5.97 Å². The van der Waals surface area contributed by atoms with E-state index in [1.165, 1.54) is 17.5 Å². The second-order valence-corrected chi connectivity index (χ2v) is 4.77. The van der Waals surface area contributed by atoms with E-state index in [-0.39, 0.29) is 18.4 Å². The summed E-state index contributed by atoms with van der Waals surface area (Å²) in [6.45, 7) is 0. The van der Waals surface area contributed by atoms with Crippen molar-refractivity contribution >= 4 is 23.2 Å². The molecule has 1 atom stereocenters. The Balaban J connectivity index is 1.95. The average molecular weight is 240 g/mol. The van der Waals surface area contributed by atoms with Crippen molar-refractivity contribution < 1.29 is 14.7 Å². The summed E-state index contributed by atoms with van der Waals surface area (Å²) in [7, 11) is 0. The highest BCUT2D eigenvalue weighted by molar-refractivity contribution is 7.11. The normalized spacial score (nSPS) is 16.8. The SMILES string of the molecule is O=C(O)CC(NC(=O)c1cncs1)C1CC1. The Morgan fingerprint density at radius 1 is 1.62 bits per heavy atom. The minimum Gasteiger partial charge on any atom is -0.481 e. The molecule has 16 heavy (non-hydrogen) atoms. The molecule has 0 spiro atoms. The number of carbonyl (C=O) groups excluding carboxylic acids is 1. The molecule has 1 aromatic heterocycles. The molecule has 1 aromatic rings. The molecule has 6 heteroatoms. The minimum atomic E-state index is -0.874. The monoisotopic (exact) mass is 240 g/mol. The maximum Gasteiger partial charge on any atom is 0.305 e. The van der Waals surface area contributed by atoms with Crippen molar-refractivity contribution in [2.75, 3.05) is 0 Å². The fourth-order valence-electron chi connectivity index (χ4n) is 1.59. The maximum atomic E-state index is 11.7. The lowest BCUT2D eigenvalue weighted by atomic mass is 10.1. The molecule has 2 N–H and O–H groups in total. The van der Waals surface area contributed by atoms with E-state index in [4.69, 9.17) is 5.11 Å². The number of thiazole rings is 1. The van der Waals surface area contributed by atoms with Crippen LogP contribution in [-0.4, -0.2) is 28.0 Å². The van der Waals surface area contributed by atoms with Crippen molar-refractivity contribution in [2.24, 2.45) is 5.92 Å². The zero-order valence-corrected chi connectivity index (χ0v) is 9.37. The lowest BCUT2D eigenvalue weighted by molar-refractivity contribution is -0.137. The smallest absolute Gasteiger partial charge is 0.305 e. The van der Waals surface area contributed by atoms with Gasteiger partial charge in [0.2, 0.25) is 0 Å². The molecule has 0 saturated heterocycles.